The molecular formula is C31H35F3N8O2S. The number of aromatic nitrogens is 4. The maximum absolute atomic E-state index is 16.6. The van der Waals surface area contributed by atoms with E-state index >= 15 is 4.39 Å². The maximum atomic E-state index is 16.6. The molecule has 0 amide bonds. The summed E-state index contributed by atoms with van der Waals surface area (Å²) in [5.41, 5.74) is 5.97. The minimum Gasteiger partial charge on any atom is -0.467 e. The Hall–Kier alpha value is -3.49. The molecule has 0 spiro atoms. The molecule has 4 saturated heterocycles. The lowest BCUT2D eigenvalue weighted by atomic mass is 10.1. The third-order valence-electron chi connectivity index (χ3n) is 9.80. The molecule has 4 aliphatic heterocycles. The van der Waals surface area contributed by atoms with Gasteiger partial charge < -0.3 is 25.3 Å². The van der Waals surface area contributed by atoms with Gasteiger partial charge in [0.25, 0.3) is 5.56 Å². The Morgan fingerprint density at radius 1 is 1.00 bits per heavy atom. The molecule has 14 heteroatoms. The van der Waals surface area contributed by atoms with Crippen molar-refractivity contribution in [1.29, 1.82) is 0 Å². The van der Waals surface area contributed by atoms with Crippen LogP contribution in [-0.4, -0.2) is 82.0 Å². The number of hydrogen-bond donors (Lipinski definition) is 2. The zero-order valence-corrected chi connectivity index (χ0v) is 25.8. The zero-order chi connectivity index (χ0) is 31.0. The minimum absolute atomic E-state index is 0.0149. The molecule has 4 atom stereocenters. The number of benzene rings is 1. The van der Waals surface area contributed by atoms with Gasteiger partial charge in [-0.25, -0.2) is 18.2 Å². The van der Waals surface area contributed by atoms with Crippen molar-refractivity contribution in [2.24, 2.45) is 0 Å². The summed E-state index contributed by atoms with van der Waals surface area (Å²) in [7, 11) is 1.41. The van der Waals surface area contributed by atoms with Gasteiger partial charge >= 0.3 is 6.01 Å². The van der Waals surface area contributed by atoms with E-state index < -0.39 is 17.8 Å². The van der Waals surface area contributed by atoms with Crippen molar-refractivity contribution in [3.05, 3.63) is 34.1 Å². The number of piperazine rings is 1. The molecular weight excluding hydrogens is 605 g/mol. The van der Waals surface area contributed by atoms with Crippen LogP contribution < -0.4 is 26.2 Å². The Kier molecular flexibility index (Phi) is 7.13. The van der Waals surface area contributed by atoms with Gasteiger partial charge in [0.2, 0.25) is 0 Å². The first-order chi connectivity index (χ1) is 21.8. The third-order valence-corrected chi connectivity index (χ3v) is 10.7. The topological polar surface area (TPSA) is 114 Å². The molecule has 1 saturated carbocycles. The van der Waals surface area contributed by atoms with E-state index in [1.165, 1.54) is 36.7 Å². The van der Waals surface area contributed by atoms with Crippen LogP contribution in [0.4, 0.5) is 24.1 Å². The number of alkyl halides is 1. The first kappa shape index (κ1) is 28.9. The summed E-state index contributed by atoms with van der Waals surface area (Å²) in [5, 5.41) is 3.87. The molecule has 1 aliphatic carbocycles. The normalized spacial score (nSPS) is 26.0. The molecule has 3 aromatic heterocycles. The number of nitrogens with one attached hydrogen (secondary N) is 1. The Bertz CT molecular complexity index is 1840. The van der Waals surface area contributed by atoms with Crippen molar-refractivity contribution in [3.63, 3.8) is 0 Å². The van der Waals surface area contributed by atoms with Gasteiger partial charge in [-0.2, -0.15) is 9.97 Å². The summed E-state index contributed by atoms with van der Waals surface area (Å²) in [6.45, 7) is 3.18. The van der Waals surface area contributed by atoms with Crippen molar-refractivity contribution in [1.82, 2.24) is 29.7 Å². The van der Waals surface area contributed by atoms with Crippen LogP contribution in [0.3, 0.4) is 0 Å². The van der Waals surface area contributed by atoms with Crippen LogP contribution in [0.5, 0.6) is 6.01 Å². The number of methoxy groups -OCH3 is 1. The highest BCUT2D eigenvalue weighted by molar-refractivity contribution is 7.22. The number of ether oxygens (including phenoxy) is 1. The predicted octanol–water partition coefficient (Wildman–Crippen LogP) is 4.41. The molecule has 2 bridgehead atoms. The summed E-state index contributed by atoms with van der Waals surface area (Å²) < 4.78 is 50.7. The van der Waals surface area contributed by atoms with Gasteiger partial charge in [-0.15, -0.1) is 0 Å². The van der Waals surface area contributed by atoms with E-state index in [1.807, 2.05) is 4.90 Å². The van der Waals surface area contributed by atoms with Crippen molar-refractivity contribution in [3.8, 4) is 17.3 Å². The Labute approximate surface area is 261 Å². The standard InChI is InChI=1S/C24H23F2N7O2S.C7H12FN/c1-35-24-30-18-15(21(31-24)32-8-10-2-3-11(9-32)28-10)22(34)33(12-4-5-12)19(16(18)26)13-6-7-14(25)20-17(13)29-23(27)36-20;8-6-4-7-2-1-3-9(7)5-6/h6-7,10-12,28H,2-5,8-9H2,1H3,(H2,27,29);6-7H,1-5H2. The molecule has 7 heterocycles. The van der Waals surface area contributed by atoms with Crippen LogP contribution in [0, 0.1) is 11.6 Å². The van der Waals surface area contributed by atoms with Gasteiger partial charge in [-0.3, -0.25) is 9.69 Å². The molecule has 45 heavy (non-hydrogen) atoms. The quantitative estimate of drug-likeness (QED) is 0.335. The number of nitrogens with two attached hydrogens (primary N) is 1. The van der Waals surface area contributed by atoms with E-state index in [0.29, 0.717) is 37.1 Å². The molecule has 9 rings (SSSR count). The summed E-state index contributed by atoms with van der Waals surface area (Å²) in [5.74, 6) is -0.789. The lowest BCUT2D eigenvalue weighted by molar-refractivity contribution is 0.292. The van der Waals surface area contributed by atoms with Crippen LogP contribution in [0.15, 0.2) is 16.9 Å². The number of nitrogens with zero attached hydrogens (tertiary/aromatic N) is 6. The number of fused-ring (bicyclic) bond motifs is 5. The highest BCUT2D eigenvalue weighted by Crippen LogP contribution is 2.43. The van der Waals surface area contributed by atoms with Gasteiger partial charge in [0.1, 0.15) is 28.7 Å². The second kappa shape index (κ2) is 11.1. The third kappa shape index (κ3) is 5.01. The monoisotopic (exact) mass is 640 g/mol. The molecule has 10 nitrogen and oxygen atoms in total. The number of anilines is 2. The first-order valence-corrected chi connectivity index (χ1v) is 16.5. The zero-order valence-electron chi connectivity index (χ0n) is 24.9. The molecule has 5 aliphatic rings. The average molecular weight is 641 g/mol. The Morgan fingerprint density at radius 3 is 2.49 bits per heavy atom. The first-order valence-electron chi connectivity index (χ1n) is 15.7. The molecule has 4 unspecified atom stereocenters. The van der Waals surface area contributed by atoms with Crippen molar-refractivity contribution in [2.45, 2.75) is 75.3 Å². The summed E-state index contributed by atoms with van der Waals surface area (Å²) >= 11 is 0.988. The highest BCUT2D eigenvalue weighted by Gasteiger charge is 2.38. The van der Waals surface area contributed by atoms with Gasteiger partial charge in [0, 0.05) is 49.4 Å². The number of halogens is 3. The largest absolute Gasteiger partial charge is 0.467 e. The average Bonchev–Trinajstić information content (AvgIpc) is 3.26. The molecule has 5 fully saturated rings. The van der Waals surface area contributed by atoms with Crippen molar-refractivity contribution in [2.75, 3.05) is 43.9 Å². The lowest BCUT2D eigenvalue weighted by Gasteiger charge is -2.34. The summed E-state index contributed by atoms with van der Waals surface area (Å²) in [6, 6.07) is 3.71. The second-order valence-corrected chi connectivity index (χ2v) is 13.8. The van der Waals surface area contributed by atoms with Gasteiger partial charge in [-0.05, 0) is 63.6 Å². The van der Waals surface area contributed by atoms with Crippen LogP contribution >= 0.6 is 11.3 Å². The molecule has 4 aromatic rings. The highest BCUT2D eigenvalue weighted by atomic mass is 32.1. The van der Waals surface area contributed by atoms with E-state index in [0.717, 1.165) is 50.0 Å². The fourth-order valence-electron chi connectivity index (χ4n) is 7.65. The van der Waals surface area contributed by atoms with Crippen LogP contribution in [0.1, 0.15) is 51.0 Å². The van der Waals surface area contributed by atoms with Crippen molar-refractivity contribution < 1.29 is 17.9 Å². The van der Waals surface area contributed by atoms with Crippen LogP contribution in [0.25, 0.3) is 32.4 Å². The van der Waals surface area contributed by atoms with E-state index in [4.69, 9.17) is 10.5 Å². The SMILES string of the molecule is COc1nc(N2CC3CCC(C2)N3)c2c(=O)n(C3CC3)c(-c3ccc(F)c4sc(N)nc34)c(F)c2n1.FC1CC2CCCN2C1. The number of pyridine rings is 1. The van der Waals surface area contributed by atoms with Gasteiger partial charge in [-0.1, -0.05) is 11.3 Å². The van der Waals surface area contributed by atoms with Crippen molar-refractivity contribution >= 4 is 43.4 Å². The minimum atomic E-state index is -0.684. The number of thiazole rings is 1. The predicted molar refractivity (Wildman–Crippen MR) is 168 cm³/mol. The van der Waals surface area contributed by atoms with Gasteiger partial charge in [0.05, 0.1) is 23.0 Å². The van der Waals surface area contributed by atoms with E-state index in [9.17, 15) is 13.6 Å². The van der Waals surface area contributed by atoms with Crippen LogP contribution in [0.2, 0.25) is 0 Å². The Balaban J connectivity index is 0.000000286. The maximum Gasteiger partial charge on any atom is 0.318 e. The summed E-state index contributed by atoms with van der Waals surface area (Å²) in [4.78, 5) is 31.5. The second-order valence-electron chi connectivity index (χ2n) is 12.8. The molecule has 238 valence electrons. The van der Waals surface area contributed by atoms with E-state index in [1.54, 1.807) is 0 Å². The fraction of sp³-hybridized carbons (Fsp3) is 0.548. The molecule has 1 aromatic carbocycles. The van der Waals surface area contributed by atoms with Gasteiger partial charge in [0.15, 0.2) is 10.9 Å². The molecule has 3 N–H and O–H groups in total. The fourth-order valence-corrected chi connectivity index (χ4v) is 8.42. The summed E-state index contributed by atoms with van der Waals surface area (Å²) in [6.07, 6.45) is 6.39. The number of rotatable bonds is 4. The van der Waals surface area contributed by atoms with Crippen LogP contribution in [-0.2, 0) is 0 Å². The smallest absolute Gasteiger partial charge is 0.318 e. The lowest BCUT2D eigenvalue weighted by Crippen LogP contribution is -2.51. The number of nitrogen functional groups attached to an aromatic ring is 1. The van der Waals surface area contributed by atoms with E-state index in [2.05, 4.69) is 25.2 Å². The number of hydrogen-bond acceptors (Lipinski definition) is 10. The van der Waals surface area contributed by atoms with E-state index in [-0.39, 0.29) is 61.6 Å². The molecule has 0 radical (unpaired) electrons. The Morgan fingerprint density at radius 2 is 1.78 bits per heavy atom.